The third-order valence-corrected chi connectivity index (χ3v) is 10.5. The largest absolute Gasteiger partial charge is 0.494 e. The van der Waals surface area contributed by atoms with Gasteiger partial charge in [0.2, 0.25) is 0 Å². The lowest BCUT2D eigenvalue weighted by molar-refractivity contribution is 0.0700. The summed E-state index contributed by atoms with van der Waals surface area (Å²) in [6, 6.07) is 18.1. The molecular formula is C35H36N8O4. The number of pyridine rings is 1. The Balaban J connectivity index is 1.10. The number of hydroxylamine groups is 1. The number of amides is 2. The molecule has 12 nitrogen and oxygen atoms in total. The molecule has 47 heavy (non-hydrogen) atoms. The van der Waals surface area contributed by atoms with E-state index in [0.29, 0.717) is 35.2 Å². The Bertz CT molecular complexity index is 2080. The minimum Gasteiger partial charge on any atom is -0.494 e. The van der Waals surface area contributed by atoms with Crippen molar-refractivity contribution in [1.82, 2.24) is 34.8 Å². The number of ether oxygens (including phenoxy) is 1. The van der Waals surface area contributed by atoms with E-state index in [2.05, 4.69) is 32.1 Å². The van der Waals surface area contributed by atoms with Gasteiger partial charge in [-0.3, -0.25) is 10.1 Å². The average Bonchev–Trinajstić information content (AvgIpc) is 3.34. The van der Waals surface area contributed by atoms with Gasteiger partial charge in [0.25, 0.3) is 5.91 Å². The van der Waals surface area contributed by atoms with E-state index in [1.807, 2.05) is 54.4 Å². The number of nitrogens with zero attached hydrogens (tertiary/aromatic N) is 5. The molecule has 9 rings (SSSR count). The van der Waals surface area contributed by atoms with Crippen LogP contribution in [0, 0.1) is 11.8 Å². The van der Waals surface area contributed by atoms with Gasteiger partial charge in [-0.05, 0) is 73.4 Å². The first kappa shape index (κ1) is 28.3. The molecule has 3 aromatic heterocycles. The Morgan fingerprint density at radius 3 is 2.57 bits per heavy atom. The van der Waals surface area contributed by atoms with Gasteiger partial charge in [-0.25, -0.2) is 14.8 Å². The Morgan fingerprint density at radius 2 is 1.89 bits per heavy atom. The third-order valence-electron chi connectivity index (χ3n) is 10.5. The van der Waals surface area contributed by atoms with Crippen LogP contribution in [0.1, 0.15) is 47.8 Å². The number of benzene rings is 2. The summed E-state index contributed by atoms with van der Waals surface area (Å²) < 4.78 is 10.2. The maximum atomic E-state index is 13.7. The van der Waals surface area contributed by atoms with E-state index in [1.54, 1.807) is 7.11 Å². The van der Waals surface area contributed by atoms with Crippen molar-refractivity contribution in [1.29, 1.82) is 0 Å². The van der Waals surface area contributed by atoms with Crippen LogP contribution in [0.3, 0.4) is 0 Å². The molecule has 0 spiro atoms. The van der Waals surface area contributed by atoms with E-state index < -0.39 is 6.09 Å². The molecule has 4 N–H and O–H groups in total. The van der Waals surface area contributed by atoms with Crippen molar-refractivity contribution in [3.63, 3.8) is 0 Å². The van der Waals surface area contributed by atoms with Crippen LogP contribution in [0.5, 0.6) is 5.75 Å². The molecule has 4 atom stereocenters. The van der Waals surface area contributed by atoms with Crippen LogP contribution < -0.4 is 21.3 Å². The predicted molar refractivity (Wildman–Crippen MR) is 175 cm³/mol. The third kappa shape index (κ3) is 4.57. The number of likely N-dealkylation sites (tertiary alicyclic amines) is 1. The Morgan fingerprint density at radius 1 is 1.06 bits per heavy atom. The summed E-state index contributed by atoms with van der Waals surface area (Å²) in [6.45, 7) is 1.56. The lowest BCUT2D eigenvalue weighted by Crippen LogP contribution is -2.41. The molecule has 0 radical (unpaired) electrons. The van der Waals surface area contributed by atoms with Crippen LogP contribution in [0.2, 0.25) is 0 Å². The lowest BCUT2D eigenvalue weighted by atomic mass is 10.1. The Labute approximate surface area is 270 Å². The second-order valence-corrected chi connectivity index (χ2v) is 13.4. The predicted octanol–water partition coefficient (Wildman–Crippen LogP) is 4.48. The van der Waals surface area contributed by atoms with Crippen LogP contribution in [-0.2, 0) is 18.4 Å². The van der Waals surface area contributed by atoms with E-state index in [1.165, 1.54) is 12.8 Å². The van der Waals surface area contributed by atoms with Gasteiger partial charge in [-0.1, -0.05) is 24.3 Å². The quantitative estimate of drug-likeness (QED) is 0.239. The molecule has 2 amide bonds. The first-order valence-corrected chi connectivity index (χ1v) is 16.3. The highest BCUT2D eigenvalue weighted by Crippen LogP contribution is 2.40. The number of piperidine rings is 1. The van der Waals surface area contributed by atoms with Crippen molar-refractivity contribution in [2.75, 3.05) is 13.7 Å². The van der Waals surface area contributed by atoms with E-state index in [9.17, 15) is 9.59 Å². The number of carbonyl (C=O) groups excluding carboxylic acids is 2. The van der Waals surface area contributed by atoms with E-state index in [-0.39, 0.29) is 24.2 Å². The zero-order chi connectivity index (χ0) is 32.0. The van der Waals surface area contributed by atoms with Crippen LogP contribution in [0.15, 0.2) is 54.6 Å². The second kappa shape index (κ2) is 10.5. The zero-order valence-corrected chi connectivity index (χ0v) is 26.3. The molecule has 2 saturated carbocycles. The van der Waals surface area contributed by atoms with Crippen LogP contribution in [-0.4, -0.2) is 61.7 Å². The summed E-state index contributed by atoms with van der Waals surface area (Å²) in [6.07, 6.45) is 3.56. The number of hydrogen-bond donors (Lipinski definition) is 3. The SMILES string of the molecule is COc1cc(C(=O)N2CC3CCC2[C@@H]3N)cc2nc(-c3cc4ccc(-c5ccc(C6NOC(=O)N6)cc5)nc4n3CC3CC3)n(C)c12. The normalized spacial score (nSPS) is 23.6. The highest BCUT2D eigenvalue weighted by molar-refractivity contribution is 6.00. The van der Waals surface area contributed by atoms with Gasteiger partial charge in [0, 0.05) is 48.7 Å². The molecule has 4 fully saturated rings. The number of aryl methyl sites for hydroxylation is 1. The Kier molecular flexibility index (Phi) is 6.35. The van der Waals surface area contributed by atoms with Gasteiger partial charge in [0.15, 0.2) is 5.82 Å². The smallest absolute Gasteiger partial charge is 0.427 e. The fourth-order valence-electron chi connectivity index (χ4n) is 7.77. The highest BCUT2D eigenvalue weighted by atomic mass is 16.7. The first-order valence-electron chi connectivity index (χ1n) is 16.3. The minimum absolute atomic E-state index is 0.00903. The maximum absolute atomic E-state index is 13.7. The van der Waals surface area contributed by atoms with Crippen molar-refractivity contribution in [3.8, 4) is 28.5 Å². The fraction of sp³-hybridized carbons (Fsp3) is 0.371. The molecule has 2 bridgehead atoms. The van der Waals surface area contributed by atoms with E-state index >= 15 is 0 Å². The van der Waals surface area contributed by atoms with Gasteiger partial charge in [-0.2, -0.15) is 0 Å². The standard InChI is InChI=1S/C35H36N8O4/c1-41-30-25(13-23(15-28(30)46-2)34(44)43-17-22-10-12-26(43)29(22)36)38-33(41)27-14-21-9-11-24(37-32(21)42(27)16-18-3-4-18)19-5-7-20(8-6-19)31-39-35(45)47-40-31/h5-9,11,13-15,18,22,26,29,31,40H,3-4,10,12,16-17,36H2,1-2H3,(H,39,45)/t22?,26?,29-,31?/m1/s1. The van der Waals surface area contributed by atoms with Gasteiger partial charge in [0.1, 0.15) is 23.1 Å². The molecule has 240 valence electrons. The first-order chi connectivity index (χ1) is 22.9. The van der Waals surface area contributed by atoms with Crippen molar-refractivity contribution < 1.29 is 19.2 Å². The van der Waals surface area contributed by atoms with E-state index in [0.717, 1.165) is 64.3 Å². The van der Waals surface area contributed by atoms with E-state index in [4.69, 9.17) is 25.3 Å². The summed E-state index contributed by atoms with van der Waals surface area (Å²) in [4.78, 5) is 42.3. The topological polar surface area (TPSA) is 142 Å². The molecule has 2 aromatic carbocycles. The monoisotopic (exact) mass is 632 g/mol. The molecule has 2 saturated heterocycles. The summed E-state index contributed by atoms with van der Waals surface area (Å²) in [5, 5.41) is 3.76. The molecule has 4 aliphatic rings. The lowest BCUT2D eigenvalue weighted by Gasteiger charge is -2.27. The number of methoxy groups -OCH3 is 1. The number of fused-ring (bicyclic) bond motifs is 4. The van der Waals surface area contributed by atoms with Crippen molar-refractivity contribution in [3.05, 3.63) is 65.7 Å². The fourth-order valence-corrected chi connectivity index (χ4v) is 7.77. The number of rotatable bonds is 7. The summed E-state index contributed by atoms with van der Waals surface area (Å²) >= 11 is 0. The Hall–Kier alpha value is -4.94. The summed E-state index contributed by atoms with van der Waals surface area (Å²) in [5.74, 6) is 2.38. The number of nitrogens with two attached hydrogens (primary N) is 1. The zero-order valence-electron chi connectivity index (χ0n) is 26.3. The van der Waals surface area contributed by atoms with Gasteiger partial charge in [0.05, 0.1) is 24.0 Å². The second-order valence-electron chi connectivity index (χ2n) is 13.4. The average molecular weight is 633 g/mol. The maximum Gasteiger partial charge on any atom is 0.427 e. The van der Waals surface area contributed by atoms with Gasteiger partial charge >= 0.3 is 6.09 Å². The van der Waals surface area contributed by atoms with Crippen molar-refractivity contribution in [2.45, 2.75) is 50.5 Å². The molecule has 3 unspecified atom stereocenters. The number of nitrogens with one attached hydrogen (secondary N) is 2. The molecule has 5 heterocycles. The van der Waals surface area contributed by atoms with Gasteiger partial charge < -0.3 is 29.3 Å². The van der Waals surface area contributed by atoms with Crippen molar-refractivity contribution >= 4 is 34.1 Å². The number of carbonyl (C=O) groups is 2. The number of hydrogen-bond acceptors (Lipinski definition) is 8. The summed E-state index contributed by atoms with van der Waals surface area (Å²) in [5.41, 5.74) is 15.8. The van der Waals surface area contributed by atoms with Crippen LogP contribution in [0.4, 0.5) is 4.79 Å². The molecular weight excluding hydrogens is 596 g/mol. The minimum atomic E-state index is -0.495. The summed E-state index contributed by atoms with van der Waals surface area (Å²) in [7, 11) is 3.64. The molecule has 2 aliphatic heterocycles. The number of aromatic nitrogens is 4. The number of imidazole rings is 1. The molecule has 12 heteroatoms. The van der Waals surface area contributed by atoms with Crippen molar-refractivity contribution in [2.24, 2.45) is 24.6 Å². The molecule has 2 aliphatic carbocycles. The van der Waals surface area contributed by atoms with Gasteiger partial charge in [-0.15, -0.1) is 5.48 Å². The van der Waals surface area contributed by atoms with Crippen LogP contribution >= 0.6 is 0 Å². The highest BCUT2D eigenvalue weighted by Gasteiger charge is 2.47. The van der Waals surface area contributed by atoms with Crippen LogP contribution in [0.25, 0.3) is 44.8 Å². The molecule has 5 aromatic rings.